The molecule has 2 heterocycles. The molecule has 182 valence electrons. The van der Waals surface area contributed by atoms with Gasteiger partial charge in [-0.25, -0.2) is 13.2 Å². The third-order valence-corrected chi connectivity index (χ3v) is 9.42. The van der Waals surface area contributed by atoms with E-state index in [1.165, 1.54) is 8.87 Å². The molecule has 0 radical (unpaired) electrons. The third kappa shape index (κ3) is 4.07. The van der Waals surface area contributed by atoms with Gasteiger partial charge in [0.2, 0.25) is 15.9 Å². The smallest absolute Gasteiger partial charge is 0.408 e. The Hall–Kier alpha value is -2.91. The van der Waals surface area contributed by atoms with Crippen molar-refractivity contribution in [1.82, 2.24) is 13.8 Å². The fourth-order valence-corrected chi connectivity index (χ4v) is 6.73. The van der Waals surface area contributed by atoms with Crippen LogP contribution in [0.15, 0.2) is 38.4 Å². The molecule has 1 aliphatic rings. The molecule has 1 aliphatic heterocycles. The van der Waals surface area contributed by atoms with E-state index in [4.69, 9.17) is 4.42 Å². The van der Waals surface area contributed by atoms with Crippen molar-refractivity contribution < 1.29 is 17.6 Å². The van der Waals surface area contributed by atoms with Gasteiger partial charge in [-0.3, -0.25) is 9.36 Å². The van der Waals surface area contributed by atoms with Crippen LogP contribution in [0.5, 0.6) is 0 Å². The van der Waals surface area contributed by atoms with E-state index in [1.54, 1.807) is 23.1 Å². The summed E-state index contributed by atoms with van der Waals surface area (Å²) >= 11 is 0. The lowest BCUT2D eigenvalue weighted by Crippen LogP contribution is -2.50. The van der Waals surface area contributed by atoms with Gasteiger partial charge >= 0.3 is 5.76 Å². The van der Waals surface area contributed by atoms with Crippen LogP contribution >= 0.6 is 0 Å². The number of carbonyl (C=O) groups excluding carboxylic acids is 1. The Bertz CT molecular complexity index is 1400. The molecule has 1 saturated heterocycles. The molecule has 0 saturated carbocycles. The minimum absolute atomic E-state index is 0.108. The SMILES string of the molecule is Cc1c(C)c(C)c(S(=O)(=O)N2CCN(C(=O)CCn3c(=O)oc4ccccc43)CC2)c(C)c1C. The van der Waals surface area contributed by atoms with Crippen LogP contribution in [-0.4, -0.2) is 54.3 Å². The van der Waals surface area contributed by atoms with Gasteiger partial charge in [-0.05, 0) is 74.6 Å². The number of amides is 1. The molecule has 4 rings (SSSR count). The van der Waals surface area contributed by atoms with Gasteiger partial charge in [0, 0.05) is 39.1 Å². The molecule has 0 aliphatic carbocycles. The van der Waals surface area contributed by atoms with Gasteiger partial charge in [0.25, 0.3) is 0 Å². The first-order chi connectivity index (χ1) is 16.0. The molecule has 1 fully saturated rings. The van der Waals surface area contributed by atoms with Crippen LogP contribution < -0.4 is 5.76 Å². The first kappa shape index (κ1) is 24.2. The van der Waals surface area contributed by atoms with Crippen LogP contribution in [0, 0.1) is 34.6 Å². The first-order valence-electron chi connectivity index (χ1n) is 11.5. The van der Waals surface area contributed by atoms with Crippen LogP contribution in [0.25, 0.3) is 11.1 Å². The Labute approximate surface area is 199 Å². The molecule has 8 nitrogen and oxygen atoms in total. The summed E-state index contributed by atoms with van der Waals surface area (Å²) in [7, 11) is -3.67. The van der Waals surface area contributed by atoms with Crippen LogP contribution in [0.2, 0.25) is 0 Å². The highest BCUT2D eigenvalue weighted by atomic mass is 32.2. The fourth-order valence-electron chi connectivity index (χ4n) is 4.75. The number of hydrogen-bond donors (Lipinski definition) is 0. The first-order valence-corrected chi connectivity index (χ1v) is 12.9. The second-order valence-corrected chi connectivity index (χ2v) is 10.9. The number of aryl methyl sites for hydroxylation is 1. The molecule has 0 atom stereocenters. The predicted octanol–water partition coefficient (Wildman–Crippen LogP) is 3.06. The summed E-state index contributed by atoms with van der Waals surface area (Å²) in [6.07, 6.45) is 0.144. The molecule has 0 bridgehead atoms. The van der Waals surface area contributed by atoms with Crippen molar-refractivity contribution in [1.29, 1.82) is 0 Å². The van der Waals surface area contributed by atoms with Crippen LogP contribution in [-0.2, 0) is 21.4 Å². The zero-order chi connectivity index (χ0) is 24.8. The van der Waals surface area contributed by atoms with Crippen LogP contribution in [0.3, 0.4) is 0 Å². The number of hydrogen-bond acceptors (Lipinski definition) is 5. The maximum Gasteiger partial charge on any atom is 0.419 e. The van der Waals surface area contributed by atoms with Crippen LogP contribution in [0.4, 0.5) is 0 Å². The van der Waals surface area contributed by atoms with Crippen molar-refractivity contribution in [3.05, 3.63) is 62.6 Å². The van der Waals surface area contributed by atoms with Crippen molar-refractivity contribution in [2.75, 3.05) is 26.2 Å². The predicted molar refractivity (Wildman–Crippen MR) is 131 cm³/mol. The number of rotatable bonds is 5. The van der Waals surface area contributed by atoms with Gasteiger partial charge in [-0.15, -0.1) is 0 Å². The van der Waals surface area contributed by atoms with E-state index in [0.29, 0.717) is 29.1 Å². The van der Waals surface area contributed by atoms with E-state index in [0.717, 1.165) is 27.8 Å². The quantitative estimate of drug-likeness (QED) is 0.554. The zero-order valence-corrected chi connectivity index (χ0v) is 21.2. The van der Waals surface area contributed by atoms with E-state index >= 15 is 0 Å². The maximum atomic E-state index is 13.5. The highest BCUT2D eigenvalue weighted by molar-refractivity contribution is 7.89. The molecule has 0 spiro atoms. The van der Waals surface area contributed by atoms with Gasteiger partial charge < -0.3 is 9.32 Å². The average Bonchev–Trinajstić information content (AvgIpc) is 3.14. The molecule has 9 heteroatoms. The topological polar surface area (TPSA) is 92.8 Å². The Kier molecular flexibility index (Phi) is 6.44. The zero-order valence-electron chi connectivity index (χ0n) is 20.3. The number of nitrogens with zero attached hydrogens (tertiary/aromatic N) is 3. The number of piperazine rings is 1. The van der Waals surface area contributed by atoms with Gasteiger partial charge in [0.05, 0.1) is 10.4 Å². The van der Waals surface area contributed by atoms with Crippen molar-refractivity contribution >= 4 is 27.0 Å². The number of carbonyl (C=O) groups is 1. The lowest BCUT2D eigenvalue weighted by Gasteiger charge is -2.35. The normalized spacial score (nSPS) is 15.3. The number of benzene rings is 2. The second-order valence-electron chi connectivity index (χ2n) is 8.98. The number of para-hydroxylation sites is 2. The largest absolute Gasteiger partial charge is 0.419 e. The lowest BCUT2D eigenvalue weighted by molar-refractivity contribution is -0.132. The van der Waals surface area contributed by atoms with Gasteiger partial charge in [-0.2, -0.15) is 4.31 Å². The molecule has 2 aromatic carbocycles. The Morgan fingerprint density at radius 2 is 1.44 bits per heavy atom. The van der Waals surface area contributed by atoms with E-state index < -0.39 is 15.8 Å². The summed E-state index contributed by atoms with van der Waals surface area (Å²) in [5.41, 5.74) is 5.84. The summed E-state index contributed by atoms with van der Waals surface area (Å²) in [5.74, 6) is -0.594. The van der Waals surface area contributed by atoms with E-state index in [2.05, 4.69) is 0 Å². The van der Waals surface area contributed by atoms with Crippen molar-refractivity contribution in [2.24, 2.45) is 0 Å². The van der Waals surface area contributed by atoms with Gasteiger partial charge in [0.15, 0.2) is 5.58 Å². The molecule has 1 aromatic heterocycles. The van der Waals surface area contributed by atoms with Crippen molar-refractivity contribution in [2.45, 2.75) is 52.5 Å². The Morgan fingerprint density at radius 1 is 0.882 bits per heavy atom. The number of fused-ring (bicyclic) bond motifs is 1. The average molecular weight is 486 g/mol. The molecule has 0 N–H and O–H groups in total. The van der Waals surface area contributed by atoms with Crippen LogP contribution in [0.1, 0.15) is 34.2 Å². The van der Waals surface area contributed by atoms with Crippen molar-refractivity contribution in [3.63, 3.8) is 0 Å². The molecule has 1 amide bonds. The molecule has 3 aromatic rings. The maximum absolute atomic E-state index is 13.5. The highest BCUT2D eigenvalue weighted by Crippen LogP contribution is 2.32. The standard InChI is InChI=1S/C25H31N3O5S/c1-16-17(2)19(4)24(20(5)18(16)3)34(31,32)27-14-12-26(13-15-27)23(29)10-11-28-21-8-6-7-9-22(21)33-25(28)30/h6-9H,10-15H2,1-5H3. The Balaban J connectivity index is 1.44. The third-order valence-electron chi connectivity index (χ3n) is 7.24. The Morgan fingerprint density at radius 3 is 2.06 bits per heavy atom. The summed E-state index contributed by atoms with van der Waals surface area (Å²) in [4.78, 5) is 27.0. The number of sulfonamides is 1. The van der Waals surface area contributed by atoms with Gasteiger partial charge in [-0.1, -0.05) is 12.1 Å². The minimum Gasteiger partial charge on any atom is -0.408 e. The molecular weight excluding hydrogens is 454 g/mol. The number of oxazole rings is 1. The summed E-state index contributed by atoms with van der Waals surface area (Å²) in [6.45, 7) is 11.0. The lowest BCUT2D eigenvalue weighted by atomic mass is 9.95. The minimum atomic E-state index is -3.67. The molecule has 0 unspecified atom stereocenters. The summed E-state index contributed by atoms with van der Waals surface area (Å²) in [6, 6.07) is 7.11. The van der Waals surface area contributed by atoms with Gasteiger partial charge in [0.1, 0.15) is 0 Å². The van der Waals surface area contributed by atoms with E-state index in [9.17, 15) is 18.0 Å². The highest BCUT2D eigenvalue weighted by Gasteiger charge is 2.33. The van der Waals surface area contributed by atoms with Crippen molar-refractivity contribution in [3.8, 4) is 0 Å². The monoisotopic (exact) mass is 485 g/mol. The molecular formula is C25H31N3O5S. The number of aromatic nitrogens is 1. The van der Waals surface area contributed by atoms with E-state index in [1.807, 2.05) is 40.7 Å². The summed E-state index contributed by atoms with van der Waals surface area (Å²) in [5, 5.41) is 0. The second kappa shape index (κ2) is 9.03. The molecule has 34 heavy (non-hydrogen) atoms. The fraction of sp³-hybridized carbons (Fsp3) is 0.440. The summed E-state index contributed by atoms with van der Waals surface area (Å²) < 4.78 is 35.2. The van der Waals surface area contributed by atoms with E-state index in [-0.39, 0.29) is 32.0 Å².